The summed E-state index contributed by atoms with van der Waals surface area (Å²) in [6, 6.07) is 12.3. The second-order valence-corrected chi connectivity index (χ2v) is 6.56. The Morgan fingerprint density at radius 1 is 1.00 bits per heavy atom. The van der Waals surface area contributed by atoms with Crippen molar-refractivity contribution in [2.45, 2.75) is 18.4 Å². The van der Waals surface area contributed by atoms with Gasteiger partial charge in [-0.05, 0) is 42.3 Å². The molecule has 0 aliphatic rings. The number of hydrogen-bond donors (Lipinski definition) is 1. The summed E-state index contributed by atoms with van der Waals surface area (Å²) in [6.45, 7) is 2.03. The van der Waals surface area contributed by atoms with Crippen LogP contribution >= 0.6 is 0 Å². The van der Waals surface area contributed by atoms with Crippen molar-refractivity contribution in [1.29, 1.82) is 0 Å². The van der Waals surface area contributed by atoms with Crippen LogP contribution in [0.25, 0.3) is 0 Å². The van der Waals surface area contributed by atoms with Crippen molar-refractivity contribution < 1.29 is 17.9 Å². The maximum absolute atomic E-state index is 12.4. The maximum atomic E-state index is 12.4. The van der Waals surface area contributed by atoms with Crippen molar-refractivity contribution in [3.8, 4) is 11.5 Å². The largest absolute Gasteiger partial charge is 0.497 e. The highest BCUT2D eigenvalue weighted by Gasteiger charge is 2.19. The average Bonchev–Trinajstić information content (AvgIpc) is 2.53. The number of ether oxygens (including phenoxy) is 2. The molecule has 0 spiro atoms. The molecule has 6 heteroatoms. The molecule has 2 rings (SSSR count). The van der Waals surface area contributed by atoms with Crippen molar-refractivity contribution in [3.63, 3.8) is 0 Å². The van der Waals surface area contributed by atoms with E-state index in [1.54, 1.807) is 37.4 Å². The third-order valence-corrected chi connectivity index (χ3v) is 4.66. The summed E-state index contributed by atoms with van der Waals surface area (Å²) in [4.78, 5) is 0.142. The predicted molar refractivity (Wildman–Crippen MR) is 84.8 cm³/mol. The van der Waals surface area contributed by atoms with Crippen LogP contribution in [-0.2, 0) is 16.6 Å². The number of methoxy groups -OCH3 is 2. The van der Waals surface area contributed by atoms with Crippen molar-refractivity contribution in [2.24, 2.45) is 0 Å². The summed E-state index contributed by atoms with van der Waals surface area (Å²) >= 11 is 0. The molecule has 22 heavy (non-hydrogen) atoms. The Kier molecular flexibility index (Phi) is 5.05. The van der Waals surface area contributed by atoms with Crippen LogP contribution < -0.4 is 14.2 Å². The lowest BCUT2D eigenvalue weighted by atomic mass is 10.2. The molecule has 0 heterocycles. The minimum absolute atomic E-state index is 0.142. The van der Waals surface area contributed by atoms with E-state index in [4.69, 9.17) is 9.47 Å². The van der Waals surface area contributed by atoms with Gasteiger partial charge in [-0.2, -0.15) is 0 Å². The molecule has 0 aromatic heterocycles. The zero-order valence-corrected chi connectivity index (χ0v) is 13.6. The summed E-state index contributed by atoms with van der Waals surface area (Å²) in [5.41, 5.74) is 1.70. The first-order valence-electron chi connectivity index (χ1n) is 6.73. The van der Waals surface area contributed by atoms with Crippen molar-refractivity contribution in [3.05, 3.63) is 53.6 Å². The molecule has 2 aromatic rings. The molecule has 0 aliphatic heterocycles. The van der Waals surface area contributed by atoms with Gasteiger partial charge in [0.2, 0.25) is 10.0 Å². The second kappa shape index (κ2) is 6.81. The van der Waals surface area contributed by atoms with Gasteiger partial charge < -0.3 is 9.47 Å². The van der Waals surface area contributed by atoms with Gasteiger partial charge in [0.15, 0.2) is 0 Å². The Bertz CT molecular complexity index is 739. The smallest absolute Gasteiger partial charge is 0.244 e. The fourth-order valence-electron chi connectivity index (χ4n) is 1.99. The molecule has 0 unspecified atom stereocenters. The SMILES string of the molecule is COc1ccc(CNS(=O)(=O)c2cc(C)ccc2OC)cc1. The van der Waals surface area contributed by atoms with E-state index in [0.29, 0.717) is 5.75 Å². The number of rotatable bonds is 6. The van der Waals surface area contributed by atoms with E-state index < -0.39 is 10.0 Å². The van der Waals surface area contributed by atoms with Crippen LogP contribution in [0, 0.1) is 6.92 Å². The maximum Gasteiger partial charge on any atom is 0.244 e. The summed E-state index contributed by atoms with van der Waals surface area (Å²) in [6.07, 6.45) is 0. The lowest BCUT2D eigenvalue weighted by molar-refractivity contribution is 0.402. The quantitative estimate of drug-likeness (QED) is 0.888. The third kappa shape index (κ3) is 3.78. The second-order valence-electron chi connectivity index (χ2n) is 4.83. The van der Waals surface area contributed by atoms with Crippen LogP contribution in [0.1, 0.15) is 11.1 Å². The molecular weight excluding hydrogens is 302 g/mol. The zero-order valence-electron chi connectivity index (χ0n) is 12.8. The molecule has 0 saturated carbocycles. The fourth-order valence-corrected chi connectivity index (χ4v) is 3.26. The van der Waals surface area contributed by atoms with Gasteiger partial charge in [0.1, 0.15) is 16.4 Å². The van der Waals surface area contributed by atoms with Crippen LogP contribution in [0.3, 0.4) is 0 Å². The summed E-state index contributed by atoms with van der Waals surface area (Å²) in [5, 5.41) is 0. The molecule has 0 saturated heterocycles. The molecule has 1 N–H and O–H groups in total. The molecule has 0 amide bonds. The van der Waals surface area contributed by atoms with Crippen LogP contribution in [0.4, 0.5) is 0 Å². The highest BCUT2D eigenvalue weighted by molar-refractivity contribution is 7.89. The van der Waals surface area contributed by atoms with Crippen molar-refractivity contribution in [1.82, 2.24) is 4.72 Å². The highest BCUT2D eigenvalue weighted by Crippen LogP contribution is 2.24. The highest BCUT2D eigenvalue weighted by atomic mass is 32.2. The van der Waals surface area contributed by atoms with Gasteiger partial charge in [-0.1, -0.05) is 18.2 Å². The van der Waals surface area contributed by atoms with Gasteiger partial charge in [0.05, 0.1) is 14.2 Å². The van der Waals surface area contributed by atoms with Crippen LogP contribution in [-0.4, -0.2) is 22.6 Å². The van der Waals surface area contributed by atoms with Gasteiger partial charge in [0.25, 0.3) is 0 Å². The first-order chi connectivity index (χ1) is 10.5. The number of nitrogens with one attached hydrogen (secondary N) is 1. The van der Waals surface area contributed by atoms with Crippen LogP contribution in [0.2, 0.25) is 0 Å². The third-order valence-electron chi connectivity index (χ3n) is 3.23. The Balaban J connectivity index is 2.18. The van der Waals surface area contributed by atoms with E-state index >= 15 is 0 Å². The topological polar surface area (TPSA) is 64.6 Å². The Morgan fingerprint density at radius 2 is 1.68 bits per heavy atom. The lowest BCUT2D eigenvalue weighted by Gasteiger charge is -2.11. The predicted octanol–water partition coefficient (Wildman–Crippen LogP) is 2.49. The Hall–Kier alpha value is -2.05. The number of sulfonamides is 1. The van der Waals surface area contributed by atoms with Crippen LogP contribution in [0.5, 0.6) is 11.5 Å². The molecule has 0 atom stereocenters. The molecule has 0 fully saturated rings. The summed E-state index contributed by atoms with van der Waals surface area (Å²) in [7, 11) is -0.609. The Labute approximate surface area is 130 Å². The summed E-state index contributed by atoms with van der Waals surface area (Å²) in [5.74, 6) is 1.06. The normalized spacial score (nSPS) is 11.2. The van der Waals surface area contributed by atoms with Gasteiger partial charge in [-0.3, -0.25) is 0 Å². The molecular formula is C16H19NO4S. The molecule has 0 bridgehead atoms. The van der Waals surface area contributed by atoms with Crippen molar-refractivity contribution >= 4 is 10.0 Å². The first-order valence-corrected chi connectivity index (χ1v) is 8.22. The molecule has 0 radical (unpaired) electrons. The van der Waals surface area contributed by atoms with E-state index in [-0.39, 0.29) is 11.4 Å². The van der Waals surface area contributed by atoms with Gasteiger partial charge in [-0.25, -0.2) is 13.1 Å². The minimum atomic E-state index is -3.65. The monoisotopic (exact) mass is 321 g/mol. The molecule has 2 aromatic carbocycles. The van der Waals surface area contributed by atoms with Gasteiger partial charge in [-0.15, -0.1) is 0 Å². The van der Waals surface area contributed by atoms with E-state index in [9.17, 15) is 8.42 Å². The van der Waals surface area contributed by atoms with Crippen molar-refractivity contribution in [2.75, 3.05) is 14.2 Å². The standard InChI is InChI=1S/C16H19NO4S/c1-12-4-9-15(21-3)16(10-12)22(18,19)17-11-13-5-7-14(20-2)8-6-13/h4-10,17H,11H2,1-3H3. The zero-order chi connectivity index (χ0) is 16.2. The van der Waals surface area contributed by atoms with Gasteiger partial charge >= 0.3 is 0 Å². The molecule has 5 nitrogen and oxygen atoms in total. The number of hydrogen-bond acceptors (Lipinski definition) is 4. The number of aryl methyl sites for hydroxylation is 1. The minimum Gasteiger partial charge on any atom is -0.497 e. The van der Waals surface area contributed by atoms with E-state index in [0.717, 1.165) is 16.9 Å². The van der Waals surface area contributed by atoms with Gasteiger partial charge in [0, 0.05) is 6.54 Å². The van der Waals surface area contributed by atoms with E-state index in [2.05, 4.69) is 4.72 Å². The van der Waals surface area contributed by atoms with Crippen LogP contribution in [0.15, 0.2) is 47.4 Å². The lowest BCUT2D eigenvalue weighted by Crippen LogP contribution is -2.23. The van der Waals surface area contributed by atoms with E-state index in [1.807, 2.05) is 19.1 Å². The fraction of sp³-hybridized carbons (Fsp3) is 0.250. The Morgan fingerprint density at radius 3 is 2.27 bits per heavy atom. The number of benzene rings is 2. The average molecular weight is 321 g/mol. The summed E-state index contributed by atoms with van der Waals surface area (Å²) < 4.78 is 37.7. The molecule has 0 aliphatic carbocycles. The van der Waals surface area contributed by atoms with E-state index in [1.165, 1.54) is 7.11 Å². The first kappa shape index (κ1) is 16.3. The molecule has 118 valence electrons.